The number of carbonyl (C=O) groups is 1. The van der Waals surface area contributed by atoms with E-state index in [1.807, 2.05) is 30.3 Å². The number of benzene rings is 2. The molecule has 178 valence electrons. The summed E-state index contributed by atoms with van der Waals surface area (Å²) >= 11 is 0. The van der Waals surface area contributed by atoms with Crippen LogP contribution in [0.4, 0.5) is 17.3 Å². The van der Waals surface area contributed by atoms with Crippen molar-refractivity contribution in [3.05, 3.63) is 53.7 Å². The van der Waals surface area contributed by atoms with E-state index in [9.17, 15) is 4.79 Å². The molecule has 1 fully saturated rings. The van der Waals surface area contributed by atoms with Gasteiger partial charge in [0.2, 0.25) is 11.9 Å². The first kappa shape index (κ1) is 22.7. The Morgan fingerprint density at radius 1 is 1.09 bits per heavy atom. The molecule has 8 nitrogen and oxygen atoms in total. The zero-order valence-corrected chi connectivity index (χ0v) is 19.9. The molecule has 1 aromatic heterocycles. The van der Waals surface area contributed by atoms with Crippen molar-refractivity contribution in [3.8, 4) is 34.6 Å². The number of ether oxygens (including phenoxy) is 2. The Hall–Kier alpha value is -4.09. The Balaban J connectivity index is 1.48. The van der Waals surface area contributed by atoms with Crippen molar-refractivity contribution >= 4 is 23.2 Å². The lowest BCUT2D eigenvalue weighted by molar-refractivity contribution is -0.115. The molecule has 2 N–H and O–H groups in total. The van der Waals surface area contributed by atoms with Gasteiger partial charge < -0.3 is 20.1 Å². The van der Waals surface area contributed by atoms with Crippen LogP contribution in [0.3, 0.4) is 0 Å². The number of amides is 1. The number of likely N-dealkylation sites (tertiary alicyclic amines) is 1. The summed E-state index contributed by atoms with van der Waals surface area (Å²) in [5.74, 6) is 8.17. The van der Waals surface area contributed by atoms with Crippen LogP contribution in [-0.2, 0) is 11.2 Å². The highest BCUT2D eigenvalue weighted by molar-refractivity contribution is 6.00. The van der Waals surface area contributed by atoms with Gasteiger partial charge in [-0.1, -0.05) is 11.8 Å². The quantitative estimate of drug-likeness (QED) is 0.549. The van der Waals surface area contributed by atoms with Crippen molar-refractivity contribution < 1.29 is 14.3 Å². The molecule has 0 radical (unpaired) electrons. The van der Waals surface area contributed by atoms with Crippen LogP contribution in [0.2, 0.25) is 0 Å². The van der Waals surface area contributed by atoms with Crippen LogP contribution in [-0.4, -0.2) is 54.6 Å². The highest BCUT2D eigenvalue weighted by atomic mass is 16.5. The van der Waals surface area contributed by atoms with Gasteiger partial charge in [0.25, 0.3) is 0 Å². The highest BCUT2D eigenvalue weighted by Crippen LogP contribution is 2.34. The number of rotatable bonds is 5. The highest BCUT2D eigenvalue weighted by Gasteiger charge is 2.21. The molecule has 0 aliphatic carbocycles. The summed E-state index contributed by atoms with van der Waals surface area (Å²) in [5, 5.41) is 6.21. The third-order valence-electron chi connectivity index (χ3n) is 6.11. The minimum absolute atomic E-state index is 0.0975. The molecule has 1 saturated heterocycles. The van der Waals surface area contributed by atoms with Crippen molar-refractivity contribution in [1.82, 2.24) is 14.9 Å². The minimum Gasteiger partial charge on any atom is -0.497 e. The minimum atomic E-state index is -0.0975. The molecule has 2 aromatic carbocycles. The summed E-state index contributed by atoms with van der Waals surface area (Å²) in [6.07, 6.45) is 4.39. The molecule has 2 aliphatic heterocycles. The maximum Gasteiger partial charge on any atom is 0.228 e. The van der Waals surface area contributed by atoms with E-state index in [-0.39, 0.29) is 12.3 Å². The van der Waals surface area contributed by atoms with Crippen LogP contribution in [0.15, 0.2) is 42.6 Å². The SMILES string of the molecule is COc1cc(Nc2ncc3c(n2)-c2cc(C#CCN4CCCC4)ccc2NC(=O)C3)cc(OC)c1. The number of hydrogen-bond acceptors (Lipinski definition) is 7. The summed E-state index contributed by atoms with van der Waals surface area (Å²) in [5.41, 5.74) is 4.62. The Bertz CT molecular complexity index is 1300. The largest absolute Gasteiger partial charge is 0.497 e. The number of fused-ring (bicyclic) bond motifs is 3. The number of aromatic nitrogens is 2. The molecule has 2 aliphatic rings. The summed E-state index contributed by atoms with van der Waals surface area (Å²) in [4.78, 5) is 24.1. The predicted octanol–water partition coefficient (Wildman–Crippen LogP) is 3.85. The fourth-order valence-corrected chi connectivity index (χ4v) is 4.33. The molecule has 0 spiro atoms. The van der Waals surface area contributed by atoms with Crippen LogP contribution in [0.1, 0.15) is 24.0 Å². The van der Waals surface area contributed by atoms with Gasteiger partial charge in [-0.25, -0.2) is 9.97 Å². The topological polar surface area (TPSA) is 88.6 Å². The first-order valence-electron chi connectivity index (χ1n) is 11.6. The second kappa shape index (κ2) is 10.0. The van der Waals surface area contributed by atoms with Gasteiger partial charge in [0.1, 0.15) is 11.5 Å². The van der Waals surface area contributed by atoms with E-state index in [0.717, 1.165) is 42.0 Å². The van der Waals surface area contributed by atoms with Crippen molar-refractivity contribution in [2.75, 3.05) is 44.5 Å². The zero-order valence-electron chi connectivity index (χ0n) is 19.9. The number of hydrogen-bond donors (Lipinski definition) is 2. The van der Waals surface area contributed by atoms with Gasteiger partial charge in [-0.05, 0) is 44.1 Å². The van der Waals surface area contributed by atoms with Crippen molar-refractivity contribution in [2.24, 2.45) is 0 Å². The molecule has 35 heavy (non-hydrogen) atoms. The average Bonchev–Trinajstić information content (AvgIpc) is 3.34. The van der Waals surface area contributed by atoms with Crippen LogP contribution in [0, 0.1) is 11.8 Å². The number of nitrogens with one attached hydrogen (secondary N) is 2. The molecule has 0 unspecified atom stereocenters. The summed E-state index contributed by atoms with van der Waals surface area (Å²) < 4.78 is 10.7. The molecule has 3 heterocycles. The van der Waals surface area contributed by atoms with Crippen LogP contribution >= 0.6 is 0 Å². The second-order valence-electron chi connectivity index (χ2n) is 8.56. The number of carbonyl (C=O) groups excluding carboxylic acids is 1. The maximum atomic E-state index is 12.5. The molecule has 0 bridgehead atoms. The molecule has 0 saturated carbocycles. The van der Waals surface area contributed by atoms with Crippen LogP contribution in [0.25, 0.3) is 11.3 Å². The van der Waals surface area contributed by atoms with E-state index < -0.39 is 0 Å². The summed E-state index contributed by atoms with van der Waals surface area (Å²) in [6, 6.07) is 11.3. The predicted molar refractivity (Wildman–Crippen MR) is 135 cm³/mol. The van der Waals surface area contributed by atoms with Gasteiger partial charge in [0, 0.05) is 46.8 Å². The molecular formula is C27H27N5O3. The Kier molecular flexibility index (Phi) is 6.51. The molecular weight excluding hydrogens is 442 g/mol. The van der Waals surface area contributed by atoms with Crippen LogP contribution < -0.4 is 20.1 Å². The smallest absolute Gasteiger partial charge is 0.228 e. The summed E-state index contributed by atoms with van der Waals surface area (Å²) in [7, 11) is 3.20. The van der Waals surface area contributed by atoms with Gasteiger partial charge in [0.15, 0.2) is 0 Å². The normalized spacial score (nSPS) is 14.6. The van der Waals surface area contributed by atoms with E-state index in [0.29, 0.717) is 28.8 Å². The molecule has 1 amide bonds. The van der Waals surface area contributed by atoms with Gasteiger partial charge in [-0.2, -0.15) is 0 Å². The lowest BCUT2D eigenvalue weighted by Crippen LogP contribution is -2.18. The Morgan fingerprint density at radius 3 is 2.60 bits per heavy atom. The van der Waals surface area contributed by atoms with Gasteiger partial charge in [0.05, 0.1) is 38.6 Å². The standard InChI is InChI=1S/C27H27N5O3/c1-34-21-14-20(15-22(16-21)35-2)29-27-28-17-19-13-25(33)30-24-8-7-18(12-23(24)26(19)31-27)6-5-11-32-9-3-4-10-32/h7-8,12,14-17H,3-4,9-11,13H2,1-2H3,(H,30,33)(H,28,29,31). The van der Waals surface area contributed by atoms with Crippen molar-refractivity contribution in [2.45, 2.75) is 19.3 Å². The van der Waals surface area contributed by atoms with E-state index >= 15 is 0 Å². The second-order valence-corrected chi connectivity index (χ2v) is 8.56. The monoisotopic (exact) mass is 469 g/mol. The van der Waals surface area contributed by atoms with Gasteiger partial charge in [-0.15, -0.1) is 0 Å². The third-order valence-corrected chi connectivity index (χ3v) is 6.11. The Morgan fingerprint density at radius 2 is 1.86 bits per heavy atom. The molecule has 5 rings (SSSR count). The van der Waals surface area contributed by atoms with Gasteiger partial charge >= 0.3 is 0 Å². The van der Waals surface area contributed by atoms with Crippen molar-refractivity contribution in [3.63, 3.8) is 0 Å². The molecule has 8 heteroatoms. The zero-order chi connectivity index (χ0) is 24.2. The first-order chi connectivity index (χ1) is 17.1. The number of nitrogens with zero attached hydrogens (tertiary/aromatic N) is 3. The lowest BCUT2D eigenvalue weighted by Gasteiger charge is -2.12. The number of anilines is 3. The Labute approximate surface area is 204 Å². The first-order valence-corrected chi connectivity index (χ1v) is 11.6. The van der Waals surface area contributed by atoms with E-state index in [1.165, 1.54) is 12.8 Å². The molecule has 3 aromatic rings. The van der Waals surface area contributed by atoms with Crippen LogP contribution in [0.5, 0.6) is 11.5 Å². The average molecular weight is 470 g/mol. The van der Waals surface area contributed by atoms with Crippen molar-refractivity contribution in [1.29, 1.82) is 0 Å². The van der Waals surface area contributed by atoms with Gasteiger partial charge in [-0.3, -0.25) is 9.69 Å². The maximum absolute atomic E-state index is 12.5. The number of methoxy groups -OCH3 is 2. The fourth-order valence-electron chi connectivity index (χ4n) is 4.33. The van der Waals surface area contributed by atoms with E-state index in [1.54, 1.807) is 26.5 Å². The molecule has 0 atom stereocenters. The van der Waals surface area contributed by atoms with E-state index in [2.05, 4.69) is 32.4 Å². The summed E-state index contributed by atoms with van der Waals surface area (Å²) in [6.45, 7) is 3.00. The van der Waals surface area contributed by atoms with E-state index in [4.69, 9.17) is 14.5 Å². The fraction of sp³-hybridized carbons (Fsp3) is 0.296. The third kappa shape index (κ3) is 5.20. The lowest BCUT2D eigenvalue weighted by atomic mass is 10.0.